The summed E-state index contributed by atoms with van der Waals surface area (Å²) in [4.78, 5) is 37.6. The van der Waals surface area contributed by atoms with Crippen molar-refractivity contribution >= 4 is 28.9 Å². The predicted molar refractivity (Wildman–Crippen MR) is 119 cm³/mol. The lowest BCUT2D eigenvalue weighted by atomic mass is 9.99. The summed E-state index contributed by atoms with van der Waals surface area (Å²) in [5.74, 6) is -0.806. The molecule has 0 aliphatic carbocycles. The van der Waals surface area contributed by atoms with E-state index in [0.717, 1.165) is 37.1 Å². The van der Waals surface area contributed by atoms with Crippen LogP contribution in [-0.2, 0) is 9.53 Å². The maximum absolute atomic E-state index is 12.4. The lowest BCUT2D eigenvalue weighted by Gasteiger charge is -2.32. The molecule has 0 radical (unpaired) electrons. The molecule has 3 rings (SSSR count). The molecule has 164 valence electrons. The number of piperidine rings is 1. The monoisotopic (exact) mass is 425 g/mol. The van der Waals surface area contributed by atoms with Crippen molar-refractivity contribution in [2.45, 2.75) is 33.6 Å². The normalized spacial score (nSPS) is 16.0. The first-order valence-electron chi connectivity index (χ1n) is 10.3. The summed E-state index contributed by atoms with van der Waals surface area (Å²) in [5.41, 5.74) is 3.02. The minimum absolute atomic E-state index is 0.0415. The van der Waals surface area contributed by atoms with Gasteiger partial charge in [0.25, 0.3) is 11.6 Å². The molecule has 1 amide bonds. The average molecular weight is 425 g/mol. The second-order valence-corrected chi connectivity index (χ2v) is 8.10. The Morgan fingerprint density at radius 1 is 1.23 bits per heavy atom. The van der Waals surface area contributed by atoms with Gasteiger partial charge in [0.1, 0.15) is 5.69 Å². The van der Waals surface area contributed by atoms with Gasteiger partial charge in [0, 0.05) is 24.8 Å². The quantitative estimate of drug-likeness (QED) is 0.422. The second-order valence-electron chi connectivity index (χ2n) is 8.10. The van der Waals surface area contributed by atoms with Crippen molar-refractivity contribution in [3.05, 3.63) is 63.2 Å². The number of hydrogen-bond acceptors (Lipinski definition) is 6. The number of amides is 1. The Morgan fingerprint density at radius 2 is 2.00 bits per heavy atom. The Bertz CT molecular complexity index is 1000. The molecule has 1 fully saturated rings. The van der Waals surface area contributed by atoms with E-state index in [4.69, 9.17) is 4.74 Å². The highest BCUT2D eigenvalue weighted by Gasteiger charge is 2.25. The first-order chi connectivity index (χ1) is 14.7. The first kappa shape index (κ1) is 22.3. The highest BCUT2D eigenvalue weighted by atomic mass is 16.6. The van der Waals surface area contributed by atoms with E-state index in [1.807, 2.05) is 30.9 Å². The summed E-state index contributed by atoms with van der Waals surface area (Å²) < 4.78 is 5.08. The topological polar surface area (TPSA) is 102 Å². The van der Waals surface area contributed by atoms with Gasteiger partial charge in [-0.1, -0.05) is 24.6 Å². The van der Waals surface area contributed by atoms with Crippen LogP contribution in [0.25, 0.3) is 0 Å². The van der Waals surface area contributed by atoms with Gasteiger partial charge in [-0.2, -0.15) is 0 Å². The number of ether oxygens (including phenoxy) is 1. The van der Waals surface area contributed by atoms with Gasteiger partial charge in [-0.25, -0.2) is 4.79 Å². The van der Waals surface area contributed by atoms with E-state index in [1.54, 1.807) is 12.1 Å². The van der Waals surface area contributed by atoms with Crippen LogP contribution in [0.3, 0.4) is 0 Å². The van der Waals surface area contributed by atoms with Crippen molar-refractivity contribution in [1.82, 2.24) is 0 Å². The molecule has 1 saturated heterocycles. The largest absolute Gasteiger partial charge is 0.452 e. The number of benzene rings is 2. The third-order valence-electron chi connectivity index (χ3n) is 5.40. The fourth-order valence-corrected chi connectivity index (χ4v) is 3.83. The van der Waals surface area contributed by atoms with Crippen molar-refractivity contribution in [2.75, 3.05) is 29.9 Å². The van der Waals surface area contributed by atoms with E-state index >= 15 is 0 Å². The highest BCUT2D eigenvalue weighted by molar-refractivity contribution is 5.96. The molecule has 1 aliphatic heterocycles. The highest BCUT2D eigenvalue weighted by Crippen LogP contribution is 2.32. The van der Waals surface area contributed by atoms with Gasteiger partial charge in [-0.15, -0.1) is 0 Å². The van der Waals surface area contributed by atoms with Crippen molar-refractivity contribution in [2.24, 2.45) is 5.92 Å². The molecule has 1 aliphatic rings. The Morgan fingerprint density at radius 3 is 2.68 bits per heavy atom. The zero-order valence-corrected chi connectivity index (χ0v) is 18.0. The molecular weight excluding hydrogens is 398 g/mol. The van der Waals surface area contributed by atoms with Gasteiger partial charge in [0.05, 0.1) is 10.5 Å². The summed E-state index contributed by atoms with van der Waals surface area (Å²) >= 11 is 0. The lowest BCUT2D eigenvalue weighted by molar-refractivity contribution is -0.384. The maximum Gasteiger partial charge on any atom is 0.338 e. The van der Waals surface area contributed by atoms with Gasteiger partial charge < -0.3 is 15.0 Å². The summed E-state index contributed by atoms with van der Waals surface area (Å²) in [7, 11) is 0. The first-order valence-corrected chi connectivity index (χ1v) is 10.3. The fourth-order valence-electron chi connectivity index (χ4n) is 3.83. The third kappa shape index (κ3) is 5.59. The van der Waals surface area contributed by atoms with Crippen LogP contribution in [0.15, 0.2) is 36.4 Å². The van der Waals surface area contributed by atoms with E-state index in [-0.39, 0.29) is 11.3 Å². The van der Waals surface area contributed by atoms with Crippen LogP contribution in [0.5, 0.6) is 0 Å². The number of nitrogens with zero attached hydrogens (tertiary/aromatic N) is 2. The number of nitrogens with one attached hydrogen (secondary N) is 1. The Balaban J connectivity index is 1.66. The number of hydrogen-bond donors (Lipinski definition) is 1. The molecule has 0 bridgehead atoms. The van der Waals surface area contributed by atoms with Gasteiger partial charge in [0.15, 0.2) is 6.61 Å². The zero-order valence-electron chi connectivity index (χ0n) is 18.0. The van der Waals surface area contributed by atoms with Gasteiger partial charge in [0.2, 0.25) is 0 Å². The SMILES string of the molecule is Cc1ccc(NC(=O)COC(=O)c2ccc(N3CCC[C@@H](C)C3)c([N+](=O)[O-])c2)c(C)c1. The zero-order chi connectivity index (χ0) is 22.5. The number of anilines is 2. The molecular formula is C23H27N3O5. The molecule has 0 unspecified atom stereocenters. The van der Waals surface area contributed by atoms with Crippen LogP contribution in [0.2, 0.25) is 0 Å². The van der Waals surface area contributed by atoms with Gasteiger partial charge in [-0.3, -0.25) is 14.9 Å². The molecule has 1 atom stereocenters. The summed E-state index contributed by atoms with van der Waals surface area (Å²) in [6, 6.07) is 9.91. The summed E-state index contributed by atoms with van der Waals surface area (Å²) in [5, 5.41) is 14.3. The molecule has 0 saturated carbocycles. The number of nitro groups is 1. The number of aryl methyl sites for hydroxylation is 2. The van der Waals surface area contributed by atoms with Crippen LogP contribution in [0, 0.1) is 29.9 Å². The van der Waals surface area contributed by atoms with Gasteiger partial charge in [-0.05, 0) is 56.4 Å². The molecule has 1 heterocycles. The van der Waals surface area contributed by atoms with E-state index < -0.39 is 23.4 Å². The fraction of sp³-hybridized carbons (Fsp3) is 0.391. The number of carbonyl (C=O) groups excluding carboxylic acids is 2. The van der Waals surface area contributed by atoms with E-state index in [0.29, 0.717) is 17.3 Å². The minimum Gasteiger partial charge on any atom is -0.452 e. The van der Waals surface area contributed by atoms with Crippen molar-refractivity contribution in [3.63, 3.8) is 0 Å². The number of carbonyl (C=O) groups is 2. The maximum atomic E-state index is 12.4. The molecule has 0 spiro atoms. The van der Waals surface area contributed by atoms with Crippen molar-refractivity contribution in [1.29, 1.82) is 0 Å². The smallest absolute Gasteiger partial charge is 0.338 e. The van der Waals surface area contributed by atoms with Crippen molar-refractivity contribution in [3.8, 4) is 0 Å². The van der Waals surface area contributed by atoms with E-state index in [2.05, 4.69) is 12.2 Å². The van der Waals surface area contributed by atoms with Crippen LogP contribution in [0.4, 0.5) is 17.1 Å². The molecule has 2 aromatic carbocycles. The standard InChI is InChI=1S/C23H27N3O5/c1-15-6-8-19(17(3)11-15)24-22(27)14-31-23(28)18-7-9-20(21(12-18)26(29)30)25-10-4-5-16(2)13-25/h6-9,11-12,16H,4-5,10,13-14H2,1-3H3,(H,24,27)/t16-/m1/s1. The van der Waals surface area contributed by atoms with Crippen LogP contribution in [0.1, 0.15) is 41.3 Å². The summed E-state index contributed by atoms with van der Waals surface area (Å²) in [6.07, 6.45) is 2.07. The second kappa shape index (κ2) is 9.59. The van der Waals surface area contributed by atoms with Crippen LogP contribution < -0.4 is 10.2 Å². The van der Waals surface area contributed by atoms with Crippen molar-refractivity contribution < 1.29 is 19.2 Å². The van der Waals surface area contributed by atoms with Gasteiger partial charge >= 0.3 is 5.97 Å². The number of nitro benzene ring substituents is 1. The molecule has 31 heavy (non-hydrogen) atoms. The van der Waals surface area contributed by atoms with E-state index in [1.165, 1.54) is 12.1 Å². The molecule has 0 aromatic heterocycles. The minimum atomic E-state index is -0.780. The van der Waals surface area contributed by atoms with Crippen LogP contribution in [-0.4, -0.2) is 36.5 Å². The number of esters is 1. The molecule has 2 aromatic rings. The summed E-state index contributed by atoms with van der Waals surface area (Å²) in [6.45, 7) is 6.95. The number of rotatable bonds is 6. The lowest BCUT2D eigenvalue weighted by Crippen LogP contribution is -2.34. The predicted octanol–water partition coefficient (Wildman–Crippen LogP) is 4.24. The van der Waals surface area contributed by atoms with E-state index in [9.17, 15) is 19.7 Å². The average Bonchev–Trinajstić information content (AvgIpc) is 2.73. The molecule has 8 heteroatoms. The van der Waals surface area contributed by atoms with Crippen LogP contribution >= 0.6 is 0 Å². The Kier molecular flexibility index (Phi) is 6.89. The Labute approximate surface area is 181 Å². The Hall–Kier alpha value is -3.42. The molecule has 1 N–H and O–H groups in total. The third-order valence-corrected chi connectivity index (χ3v) is 5.40. The molecule has 8 nitrogen and oxygen atoms in total.